The highest BCUT2D eigenvalue weighted by atomic mass is 19.4. The number of hydrogen-bond donors (Lipinski definition) is 3. The number of nitrogens with one attached hydrogen (secondary N) is 2. The van der Waals surface area contributed by atoms with Crippen LogP contribution in [0.1, 0.15) is 16.7 Å². The standard InChI is InChI=1S/C17H16F3N3O2/c18-17(19,20)13-3-1-2-12(8-13)9-15(24)22-10-11-4-6-14(7-5-11)23-16(21)25/h1-8H,9-10H2,(H,22,24)(H3,21,23,25). The molecule has 0 bridgehead atoms. The second-order valence-electron chi connectivity index (χ2n) is 5.34. The van der Waals surface area contributed by atoms with Crippen LogP contribution in [0.4, 0.5) is 23.7 Å². The van der Waals surface area contributed by atoms with Crippen molar-refractivity contribution in [3.63, 3.8) is 0 Å². The maximum atomic E-state index is 12.7. The first kappa shape index (κ1) is 18.3. The number of carbonyl (C=O) groups excluding carboxylic acids is 2. The molecule has 8 heteroatoms. The highest BCUT2D eigenvalue weighted by Crippen LogP contribution is 2.29. The first-order chi connectivity index (χ1) is 11.7. The maximum Gasteiger partial charge on any atom is 0.416 e. The van der Waals surface area contributed by atoms with Gasteiger partial charge in [-0.15, -0.1) is 0 Å². The number of carbonyl (C=O) groups is 2. The van der Waals surface area contributed by atoms with Crippen LogP contribution in [-0.4, -0.2) is 11.9 Å². The normalized spacial score (nSPS) is 11.0. The number of rotatable bonds is 5. The summed E-state index contributed by atoms with van der Waals surface area (Å²) in [7, 11) is 0. The Kier molecular flexibility index (Phi) is 5.63. The molecule has 0 atom stereocenters. The van der Waals surface area contributed by atoms with Crippen molar-refractivity contribution in [3.8, 4) is 0 Å². The molecule has 4 N–H and O–H groups in total. The number of amides is 3. The molecule has 0 fully saturated rings. The molecule has 0 heterocycles. The SMILES string of the molecule is NC(=O)Nc1ccc(CNC(=O)Cc2cccc(C(F)(F)F)c2)cc1. The van der Waals surface area contributed by atoms with E-state index in [0.717, 1.165) is 17.7 Å². The Labute approximate surface area is 142 Å². The van der Waals surface area contributed by atoms with Gasteiger partial charge in [0.25, 0.3) is 0 Å². The Morgan fingerprint density at radius 1 is 1.00 bits per heavy atom. The van der Waals surface area contributed by atoms with Crippen molar-refractivity contribution in [2.24, 2.45) is 5.73 Å². The molecular weight excluding hydrogens is 335 g/mol. The summed E-state index contributed by atoms with van der Waals surface area (Å²) in [6, 6.07) is 10.6. The van der Waals surface area contributed by atoms with Gasteiger partial charge < -0.3 is 16.4 Å². The minimum Gasteiger partial charge on any atom is -0.352 e. The summed E-state index contributed by atoms with van der Waals surface area (Å²) in [5.74, 6) is -0.390. The van der Waals surface area contributed by atoms with E-state index < -0.39 is 23.7 Å². The van der Waals surface area contributed by atoms with Gasteiger partial charge in [0.05, 0.1) is 12.0 Å². The number of hydrogen-bond acceptors (Lipinski definition) is 2. The van der Waals surface area contributed by atoms with Gasteiger partial charge >= 0.3 is 12.2 Å². The predicted molar refractivity (Wildman–Crippen MR) is 86.6 cm³/mol. The van der Waals surface area contributed by atoms with Crippen LogP contribution < -0.4 is 16.4 Å². The lowest BCUT2D eigenvalue weighted by molar-refractivity contribution is -0.137. The summed E-state index contributed by atoms with van der Waals surface area (Å²) in [4.78, 5) is 22.6. The van der Waals surface area contributed by atoms with Gasteiger partial charge in [0, 0.05) is 12.2 Å². The van der Waals surface area contributed by atoms with Crippen molar-refractivity contribution in [2.45, 2.75) is 19.1 Å². The molecule has 0 saturated carbocycles. The quantitative estimate of drug-likeness (QED) is 0.773. The number of alkyl halides is 3. The fourth-order valence-electron chi connectivity index (χ4n) is 2.15. The van der Waals surface area contributed by atoms with Gasteiger partial charge in [-0.2, -0.15) is 13.2 Å². The molecule has 2 aromatic rings. The number of urea groups is 1. The van der Waals surface area contributed by atoms with E-state index in [0.29, 0.717) is 5.69 Å². The highest BCUT2D eigenvalue weighted by Gasteiger charge is 2.30. The molecule has 0 aromatic heterocycles. The molecule has 132 valence electrons. The molecule has 25 heavy (non-hydrogen) atoms. The summed E-state index contributed by atoms with van der Waals surface area (Å²) >= 11 is 0. The summed E-state index contributed by atoms with van der Waals surface area (Å²) in [6.45, 7) is 0.217. The summed E-state index contributed by atoms with van der Waals surface area (Å²) < 4.78 is 38.0. The van der Waals surface area contributed by atoms with E-state index in [-0.39, 0.29) is 18.5 Å². The molecule has 3 amide bonds. The van der Waals surface area contributed by atoms with Gasteiger partial charge in [-0.25, -0.2) is 4.79 Å². The fourth-order valence-corrected chi connectivity index (χ4v) is 2.15. The lowest BCUT2D eigenvalue weighted by Gasteiger charge is -2.09. The van der Waals surface area contributed by atoms with E-state index in [1.165, 1.54) is 12.1 Å². The molecule has 0 aliphatic rings. The smallest absolute Gasteiger partial charge is 0.352 e. The number of benzene rings is 2. The third-order valence-corrected chi connectivity index (χ3v) is 3.33. The second kappa shape index (κ2) is 7.69. The second-order valence-corrected chi connectivity index (χ2v) is 5.34. The zero-order valence-electron chi connectivity index (χ0n) is 13.1. The number of anilines is 1. The molecule has 0 aliphatic carbocycles. The van der Waals surface area contributed by atoms with Gasteiger partial charge in [-0.05, 0) is 29.3 Å². The minimum atomic E-state index is -4.44. The minimum absolute atomic E-state index is 0.148. The summed E-state index contributed by atoms with van der Waals surface area (Å²) in [5, 5.41) is 5.04. The van der Waals surface area contributed by atoms with Crippen molar-refractivity contribution < 1.29 is 22.8 Å². The van der Waals surface area contributed by atoms with E-state index in [2.05, 4.69) is 10.6 Å². The molecule has 2 rings (SSSR count). The molecule has 0 aliphatic heterocycles. The molecule has 0 radical (unpaired) electrons. The van der Waals surface area contributed by atoms with Crippen LogP contribution in [0.2, 0.25) is 0 Å². The van der Waals surface area contributed by atoms with E-state index in [4.69, 9.17) is 5.73 Å². The zero-order valence-corrected chi connectivity index (χ0v) is 13.1. The topological polar surface area (TPSA) is 84.2 Å². The van der Waals surface area contributed by atoms with E-state index in [9.17, 15) is 22.8 Å². The Hall–Kier alpha value is -3.03. The van der Waals surface area contributed by atoms with Gasteiger partial charge in [-0.1, -0.05) is 30.3 Å². The Balaban J connectivity index is 1.89. The van der Waals surface area contributed by atoms with Crippen LogP contribution in [0.25, 0.3) is 0 Å². The zero-order chi connectivity index (χ0) is 18.4. The molecule has 0 unspecified atom stereocenters. The lowest BCUT2D eigenvalue weighted by Crippen LogP contribution is -2.24. The van der Waals surface area contributed by atoms with Crippen LogP contribution in [0.15, 0.2) is 48.5 Å². The Morgan fingerprint density at radius 2 is 1.68 bits per heavy atom. The average Bonchev–Trinajstić information content (AvgIpc) is 2.53. The summed E-state index contributed by atoms with van der Waals surface area (Å²) in [6.07, 6.45) is -4.58. The van der Waals surface area contributed by atoms with Crippen molar-refractivity contribution in [1.29, 1.82) is 0 Å². The largest absolute Gasteiger partial charge is 0.416 e. The van der Waals surface area contributed by atoms with Crippen LogP contribution in [0.5, 0.6) is 0 Å². The molecule has 0 saturated heterocycles. The van der Waals surface area contributed by atoms with Gasteiger partial charge in [-0.3, -0.25) is 4.79 Å². The molecule has 5 nitrogen and oxygen atoms in total. The average molecular weight is 351 g/mol. The highest BCUT2D eigenvalue weighted by molar-refractivity contribution is 5.87. The number of primary amides is 1. The van der Waals surface area contributed by atoms with Crippen molar-refractivity contribution in [3.05, 3.63) is 65.2 Å². The van der Waals surface area contributed by atoms with Crippen molar-refractivity contribution in [2.75, 3.05) is 5.32 Å². The van der Waals surface area contributed by atoms with Crippen LogP contribution in [0, 0.1) is 0 Å². The van der Waals surface area contributed by atoms with E-state index in [1.807, 2.05) is 0 Å². The Morgan fingerprint density at radius 3 is 2.28 bits per heavy atom. The molecule has 2 aromatic carbocycles. The molecular formula is C17H16F3N3O2. The van der Waals surface area contributed by atoms with Crippen molar-refractivity contribution >= 4 is 17.6 Å². The monoisotopic (exact) mass is 351 g/mol. The van der Waals surface area contributed by atoms with Gasteiger partial charge in [0.15, 0.2) is 0 Å². The van der Waals surface area contributed by atoms with Crippen LogP contribution >= 0.6 is 0 Å². The number of nitrogens with two attached hydrogens (primary N) is 1. The first-order valence-electron chi connectivity index (χ1n) is 7.32. The van der Waals surface area contributed by atoms with E-state index >= 15 is 0 Å². The van der Waals surface area contributed by atoms with E-state index in [1.54, 1.807) is 24.3 Å². The van der Waals surface area contributed by atoms with Crippen LogP contribution in [-0.2, 0) is 23.9 Å². The fraction of sp³-hybridized carbons (Fsp3) is 0.176. The maximum absolute atomic E-state index is 12.7. The summed E-state index contributed by atoms with van der Waals surface area (Å²) in [5.41, 5.74) is 5.79. The lowest BCUT2D eigenvalue weighted by atomic mass is 10.1. The van der Waals surface area contributed by atoms with Crippen LogP contribution in [0.3, 0.4) is 0 Å². The van der Waals surface area contributed by atoms with Crippen molar-refractivity contribution in [1.82, 2.24) is 5.32 Å². The third kappa shape index (κ3) is 5.83. The number of halogens is 3. The first-order valence-corrected chi connectivity index (χ1v) is 7.32. The van der Waals surface area contributed by atoms with Gasteiger partial charge in [0.2, 0.25) is 5.91 Å². The molecule has 0 spiro atoms. The predicted octanol–water partition coefficient (Wildman–Crippen LogP) is 3.05. The third-order valence-electron chi connectivity index (χ3n) is 3.33. The van der Waals surface area contributed by atoms with Gasteiger partial charge in [0.1, 0.15) is 0 Å². The Bertz CT molecular complexity index is 758.